The number of hydrogen-bond acceptors (Lipinski definition) is 4. The number of nitrogens with one attached hydrogen (secondary N) is 2. The number of nitriles is 1. The molecule has 22 heavy (non-hydrogen) atoms. The summed E-state index contributed by atoms with van der Waals surface area (Å²) in [5, 5.41) is 15.0. The number of aromatic nitrogens is 1. The van der Waals surface area contributed by atoms with E-state index in [1.807, 2.05) is 19.1 Å². The lowest BCUT2D eigenvalue weighted by Crippen LogP contribution is -2.14. The number of anilines is 2. The first-order chi connectivity index (χ1) is 10.6. The number of para-hydroxylation sites is 1. The molecule has 5 nitrogen and oxygen atoms in total. The second-order valence-corrected chi connectivity index (χ2v) is 4.84. The lowest BCUT2D eigenvalue weighted by atomic mass is 10.2. The van der Waals surface area contributed by atoms with E-state index in [4.69, 9.17) is 16.9 Å². The number of hydrogen-bond donors (Lipinski definition) is 2. The van der Waals surface area contributed by atoms with Crippen LogP contribution in [0, 0.1) is 18.3 Å². The van der Waals surface area contributed by atoms with Crippen molar-refractivity contribution in [2.24, 2.45) is 0 Å². The Balaban J connectivity index is 2.09. The summed E-state index contributed by atoms with van der Waals surface area (Å²) >= 11 is 5.96. The van der Waals surface area contributed by atoms with Crippen LogP contribution in [0.4, 0.5) is 11.4 Å². The molecule has 0 saturated carbocycles. The van der Waals surface area contributed by atoms with Gasteiger partial charge in [0.25, 0.3) is 5.91 Å². The smallest absolute Gasteiger partial charge is 0.267 e. The van der Waals surface area contributed by atoms with Crippen molar-refractivity contribution in [3.63, 3.8) is 0 Å². The first-order valence-electron chi connectivity index (χ1n) is 6.45. The number of benzene rings is 1. The molecule has 0 aliphatic rings. The van der Waals surface area contributed by atoms with E-state index in [9.17, 15) is 4.79 Å². The van der Waals surface area contributed by atoms with Crippen LogP contribution in [-0.4, -0.2) is 10.9 Å². The SMILES string of the molecule is Cc1ccc(N/C=C(/C#N)C(=O)Nc2ccccc2Cl)cn1. The number of nitrogens with zero attached hydrogens (tertiary/aromatic N) is 2. The Morgan fingerprint density at radius 2 is 2.09 bits per heavy atom. The molecule has 110 valence electrons. The Bertz CT molecular complexity index is 747. The lowest BCUT2D eigenvalue weighted by molar-refractivity contribution is -0.112. The van der Waals surface area contributed by atoms with Gasteiger partial charge in [-0.25, -0.2) is 0 Å². The normalized spacial score (nSPS) is 10.7. The minimum atomic E-state index is -0.539. The Hall–Kier alpha value is -2.84. The molecule has 0 fully saturated rings. The van der Waals surface area contributed by atoms with Gasteiger partial charge in [0.05, 0.1) is 22.6 Å². The lowest BCUT2D eigenvalue weighted by Gasteiger charge is -2.06. The number of aryl methyl sites for hydroxylation is 1. The first-order valence-corrected chi connectivity index (χ1v) is 6.83. The van der Waals surface area contributed by atoms with E-state index in [1.54, 1.807) is 36.5 Å². The van der Waals surface area contributed by atoms with Crippen molar-refractivity contribution in [3.8, 4) is 6.07 Å². The van der Waals surface area contributed by atoms with E-state index in [0.29, 0.717) is 16.4 Å². The number of pyridine rings is 1. The molecule has 2 N–H and O–H groups in total. The Morgan fingerprint density at radius 3 is 2.73 bits per heavy atom. The fraction of sp³-hybridized carbons (Fsp3) is 0.0625. The van der Waals surface area contributed by atoms with Crippen LogP contribution in [0.25, 0.3) is 0 Å². The van der Waals surface area contributed by atoms with Crippen molar-refractivity contribution >= 4 is 28.9 Å². The zero-order chi connectivity index (χ0) is 15.9. The third-order valence-corrected chi connectivity index (χ3v) is 3.11. The molecule has 0 spiro atoms. The van der Waals surface area contributed by atoms with Gasteiger partial charge in [0.15, 0.2) is 0 Å². The van der Waals surface area contributed by atoms with Crippen LogP contribution in [0.2, 0.25) is 5.02 Å². The van der Waals surface area contributed by atoms with Crippen LogP contribution >= 0.6 is 11.6 Å². The molecule has 0 radical (unpaired) electrons. The maximum absolute atomic E-state index is 12.1. The van der Waals surface area contributed by atoms with Gasteiger partial charge in [-0.3, -0.25) is 9.78 Å². The summed E-state index contributed by atoms with van der Waals surface area (Å²) in [6.45, 7) is 1.87. The maximum Gasteiger partial charge on any atom is 0.267 e. The Labute approximate surface area is 133 Å². The average molecular weight is 313 g/mol. The second kappa shape index (κ2) is 7.25. The fourth-order valence-corrected chi connectivity index (χ4v) is 1.79. The van der Waals surface area contributed by atoms with Crippen molar-refractivity contribution in [1.82, 2.24) is 4.98 Å². The summed E-state index contributed by atoms with van der Waals surface area (Å²) in [6, 6.07) is 12.3. The van der Waals surface area contributed by atoms with Crippen LogP contribution in [0.3, 0.4) is 0 Å². The summed E-state index contributed by atoms with van der Waals surface area (Å²) in [7, 11) is 0. The van der Waals surface area contributed by atoms with E-state index < -0.39 is 5.91 Å². The van der Waals surface area contributed by atoms with Gasteiger partial charge in [-0.1, -0.05) is 23.7 Å². The van der Waals surface area contributed by atoms with Gasteiger partial charge in [0, 0.05) is 11.9 Å². The highest BCUT2D eigenvalue weighted by molar-refractivity contribution is 6.33. The number of amides is 1. The van der Waals surface area contributed by atoms with E-state index in [2.05, 4.69) is 15.6 Å². The topological polar surface area (TPSA) is 77.8 Å². The monoisotopic (exact) mass is 312 g/mol. The zero-order valence-electron chi connectivity index (χ0n) is 11.8. The summed E-state index contributed by atoms with van der Waals surface area (Å²) in [5.41, 5.74) is 1.95. The van der Waals surface area contributed by atoms with Crippen molar-refractivity contribution in [2.45, 2.75) is 6.92 Å². The van der Waals surface area contributed by atoms with E-state index in [-0.39, 0.29) is 5.57 Å². The standard InChI is InChI=1S/C16H13ClN4O/c1-11-6-7-13(10-19-11)20-9-12(8-18)16(22)21-15-5-3-2-4-14(15)17/h2-7,9-10,20H,1H3,(H,21,22)/b12-9-. The third kappa shape index (κ3) is 4.08. The van der Waals surface area contributed by atoms with Gasteiger partial charge < -0.3 is 10.6 Å². The molecule has 1 aromatic carbocycles. The maximum atomic E-state index is 12.1. The van der Waals surface area contributed by atoms with Gasteiger partial charge >= 0.3 is 0 Å². The van der Waals surface area contributed by atoms with Gasteiger partial charge in [-0.05, 0) is 31.2 Å². The quantitative estimate of drug-likeness (QED) is 0.669. The van der Waals surface area contributed by atoms with Crippen LogP contribution < -0.4 is 10.6 Å². The number of carbonyl (C=O) groups is 1. The predicted molar refractivity (Wildman–Crippen MR) is 86.4 cm³/mol. The molecule has 0 saturated heterocycles. The molecular weight excluding hydrogens is 300 g/mol. The number of rotatable bonds is 4. The molecule has 1 aromatic heterocycles. The highest BCUT2D eigenvalue weighted by Gasteiger charge is 2.10. The van der Waals surface area contributed by atoms with Gasteiger partial charge in [0.2, 0.25) is 0 Å². The highest BCUT2D eigenvalue weighted by Crippen LogP contribution is 2.21. The second-order valence-electron chi connectivity index (χ2n) is 4.44. The molecule has 1 heterocycles. The van der Waals surface area contributed by atoms with Crippen LogP contribution in [0.15, 0.2) is 54.4 Å². The van der Waals surface area contributed by atoms with Crippen molar-refractivity contribution < 1.29 is 4.79 Å². The van der Waals surface area contributed by atoms with E-state index in [0.717, 1.165) is 5.69 Å². The van der Waals surface area contributed by atoms with Gasteiger partial charge in [0.1, 0.15) is 11.6 Å². The minimum Gasteiger partial charge on any atom is -0.359 e. The molecule has 0 aliphatic carbocycles. The molecule has 2 aromatic rings. The molecule has 0 atom stereocenters. The molecule has 0 bridgehead atoms. The molecule has 2 rings (SSSR count). The molecule has 0 aliphatic heterocycles. The fourth-order valence-electron chi connectivity index (χ4n) is 1.61. The predicted octanol–water partition coefficient (Wildman–Crippen LogP) is 3.50. The molecular formula is C16H13ClN4O. The van der Waals surface area contributed by atoms with E-state index >= 15 is 0 Å². The van der Waals surface area contributed by atoms with Crippen molar-refractivity contribution in [1.29, 1.82) is 5.26 Å². The van der Waals surface area contributed by atoms with Gasteiger partial charge in [-0.2, -0.15) is 5.26 Å². The third-order valence-electron chi connectivity index (χ3n) is 2.78. The van der Waals surface area contributed by atoms with Crippen molar-refractivity contribution in [3.05, 3.63) is 65.1 Å². The molecule has 0 unspecified atom stereocenters. The van der Waals surface area contributed by atoms with Gasteiger partial charge in [-0.15, -0.1) is 0 Å². The average Bonchev–Trinajstić information content (AvgIpc) is 2.52. The zero-order valence-corrected chi connectivity index (χ0v) is 12.6. The van der Waals surface area contributed by atoms with Crippen LogP contribution in [0.5, 0.6) is 0 Å². The molecule has 6 heteroatoms. The first kappa shape index (κ1) is 15.5. The highest BCUT2D eigenvalue weighted by atomic mass is 35.5. The Morgan fingerprint density at radius 1 is 1.32 bits per heavy atom. The largest absolute Gasteiger partial charge is 0.359 e. The van der Waals surface area contributed by atoms with Crippen LogP contribution in [0.1, 0.15) is 5.69 Å². The summed E-state index contributed by atoms with van der Waals surface area (Å²) in [5.74, 6) is -0.539. The summed E-state index contributed by atoms with van der Waals surface area (Å²) in [6.07, 6.45) is 2.95. The van der Waals surface area contributed by atoms with Crippen LogP contribution in [-0.2, 0) is 4.79 Å². The number of halogens is 1. The molecule has 1 amide bonds. The van der Waals surface area contributed by atoms with Crippen molar-refractivity contribution in [2.75, 3.05) is 10.6 Å². The van der Waals surface area contributed by atoms with E-state index in [1.165, 1.54) is 6.20 Å². The summed E-state index contributed by atoms with van der Waals surface area (Å²) in [4.78, 5) is 16.2. The minimum absolute atomic E-state index is 0.0690. The summed E-state index contributed by atoms with van der Waals surface area (Å²) < 4.78 is 0. The Kier molecular flexibility index (Phi) is 5.12. The number of carbonyl (C=O) groups excluding carboxylic acids is 1.